The van der Waals surface area contributed by atoms with Gasteiger partial charge in [-0.05, 0) is 65.4 Å². The van der Waals surface area contributed by atoms with Crippen molar-refractivity contribution in [1.29, 1.82) is 0 Å². The van der Waals surface area contributed by atoms with Crippen molar-refractivity contribution in [3.63, 3.8) is 0 Å². The molecule has 0 aliphatic carbocycles. The van der Waals surface area contributed by atoms with E-state index >= 15 is 0 Å². The lowest BCUT2D eigenvalue weighted by Gasteiger charge is -2.10. The molecule has 0 aliphatic heterocycles. The second-order valence-electron chi connectivity index (χ2n) is 11.4. The number of hydrogen-bond acceptors (Lipinski definition) is 1. The Kier molecular flexibility index (Phi) is 4.63. The van der Waals surface area contributed by atoms with E-state index < -0.39 is 0 Å². The average molecular weight is 565 g/mol. The van der Waals surface area contributed by atoms with Crippen LogP contribution in [0.25, 0.3) is 85.9 Å². The third-order valence-electron chi connectivity index (χ3n) is 9.08. The van der Waals surface area contributed by atoms with Crippen LogP contribution in [0.1, 0.15) is 0 Å². The molecule has 10 rings (SSSR count). The second-order valence-corrected chi connectivity index (χ2v) is 12.5. The van der Waals surface area contributed by atoms with E-state index in [2.05, 4.69) is 155 Å². The number of nitrogens with zero attached hydrogens (tertiary/aromatic N) is 2. The molecule has 0 aliphatic rings. The largest absolute Gasteiger partial charge is 0.309 e. The van der Waals surface area contributed by atoms with Crippen LogP contribution in [0.5, 0.6) is 0 Å². The normalized spacial score (nSPS) is 12.2. The van der Waals surface area contributed by atoms with Crippen LogP contribution in [0.2, 0.25) is 0 Å². The third-order valence-corrected chi connectivity index (χ3v) is 10.2. The van der Waals surface area contributed by atoms with Crippen LogP contribution in [0, 0.1) is 0 Å². The third kappa shape index (κ3) is 3.17. The number of rotatable bonds is 2. The lowest BCUT2D eigenvalue weighted by molar-refractivity contribution is 1.17. The van der Waals surface area contributed by atoms with E-state index in [4.69, 9.17) is 0 Å². The zero-order chi connectivity index (χ0) is 28.1. The van der Waals surface area contributed by atoms with Crippen LogP contribution in [-0.4, -0.2) is 9.13 Å². The molecule has 7 aromatic carbocycles. The molecule has 0 unspecified atom stereocenters. The molecule has 2 nitrogen and oxygen atoms in total. The molecule has 0 radical (unpaired) electrons. The topological polar surface area (TPSA) is 9.86 Å². The van der Waals surface area contributed by atoms with Crippen molar-refractivity contribution in [2.24, 2.45) is 0 Å². The molecule has 43 heavy (non-hydrogen) atoms. The number of hydrogen-bond donors (Lipinski definition) is 0. The highest BCUT2D eigenvalue weighted by Crippen LogP contribution is 2.42. The van der Waals surface area contributed by atoms with Crippen LogP contribution in [0.4, 0.5) is 0 Å². The molecule has 0 spiro atoms. The number of benzene rings is 7. The fourth-order valence-corrected chi connectivity index (χ4v) is 8.37. The molecule has 3 heterocycles. The van der Waals surface area contributed by atoms with Crippen molar-refractivity contribution in [2.75, 3.05) is 0 Å². The minimum Gasteiger partial charge on any atom is -0.309 e. The zero-order valence-electron chi connectivity index (χ0n) is 23.2. The molecule has 0 saturated heterocycles. The van der Waals surface area contributed by atoms with Crippen LogP contribution in [0.15, 0.2) is 146 Å². The summed E-state index contributed by atoms with van der Waals surface area (Å²) in [5.41, 5.74) is 7.26. The minimum atomic E-state index is 1.17. The van der Waals surface area contributed by atoms with Gasteiger partial charge in [0.1, 0.15) is 0 Å². The van der Waals surface area contributed by atoms with Gasteiger partial charge in [-0.1, -0.05) is 91.0 Å². The number of thiophene rings is 1. The molecular weight excluding hydrogens is 541 g/mol. The lowest BCUT2D eigenvalue weighted by atomic mass is 10.0. The van der Waals surface area contributed by atoms with E-state index in [0.717, 1.165) is 0 Å². The Bertz CT molecular complexity index is 2720. The monoisotopic (exact) mass is 564 g/mol. The molecule has 200 valence electrons. The first-order valence-corrected chi connectivity index (χ1v) is 15.5. The summed E-state index contributed by atoms with van der Waals surface area (Å²) in [6.07, 6.45) is 0. The van der Waals surface area contributed by atoms with Crippen molar-refractivity contribution in [3.8, 4) is 11.4 Å². The van der Waals surface area contributed by atoms with Gasteiger partial charge < -0.3 is 9.13 Å². The van der Waals surface area contributed by atoms with Crippen molar-refractivity contribution in [3.05, 3.63) is 146 Å². The van der Waals surface area contributed by atoms with Gasteiger partial charge in [0.2, 0.25) is 0 Å². The summed E-state index contributed by atoms with van der Waals surface area (Å²) in [5, 5.41) is 10.4. The first-order chi connectivity index (χ1) is 21.3. The number of fused-ring (bicyclic) bond motifs is 11. The van der Waals surface area contributed by atoms with E-state index in [-0.39, 0.29) is 0 Å². The highest BCUT2D eigenvalue weighted by atomic mass is 32.1. The van der Waals surface area contributed by atoms with Crippen molar-refractivity contribution < 1.29 is 0 Å². The number of para-hydroxylation sites is 2. The maximum absolute atomic E-state index is 2.46. The summed E-state index contributed by atoms with van der Waals surface area (Å²) in [7, 11) is 0. The van der Waals surface area contributed by atoms with E-state index in [1.54, 1.807) is 0 Å². The molecule has 0 saturated carbocycles. The predicted molar refractivity (Wildman–Crippen MR) is 186 cm³/mol. The Labute approximate surface area is 251 Å². The van der Waals surface area contributed by atoms with Gasteiger partial charge >= 0.3 is 0 Å². The first kappa shape index (κ1) is 23.2. The Balaban J connectivity index is 1.37. The summed E-state index contributed by atoms with van der Waals surface area (Å²) >= 11 is 1.87. The summed E-state index contributed by atoms with van der Waals surface area (Å²) in [4.78, 5) is 0. The summed E-state index contributed by atoms with van der Waals surface area (Å²) < 4.78 is 7.54. The molecule has 0 fully saturated rings. The fraction of sp³-hybridized carbons (Fsp3) is 0. The highest BCUT2D eigenvalue weighted by Gasteiger charge is 2.20. The van der Waals surface area contributed by atoms with E-state index in [9.17, 15) is 0 Å². The van der Waals surface area contributed by atoms with E-state index in [1.165, 1.54) is 85.9 Å². The van der Waals surface area contributed by atoms with Crippen LogP contribution < -0.4 is 0 Å². The number of aromatic nitrogens is 2. The van der Waals surface area contributed by atoms with Gasteiger partial charge in [0, 0.05) is 53.1 Å². The van der Waals surface area contributed by atoms with Gasteiger partial charge in [-0.3, -0.25) is 0 Å². The highest BCUT2D eigenvalue weighted by molar-refractivity contribution is 7.25. The Hall–Kier alpha value is -5.38. The van der Waals surface area contributed by atoms with Gasteiger partial charge in [-0.15, -0.1) is 11.3 Å². The van der Waals surface area contributed by atoms with Crippen LogP contribution >= 0.6 is 11.3 Å². The van der Waals surface area contributed by atoms with Crippen molar-refractivity contribution in [2.45, 2.75) is 0 Å². The fourth-order valence-electron chi connectivity index (χ4n) is 7.24. The van der Waals surface area contributed by atoms with Crippen LogP contribution in [0.3, 0.4) is 0 Å². The first-order valence-electron chi connectivity index (χ1n) is 14.7. The van der Waals surface area contributed by atoms with Gasteiger partial charge in [-0.25, -0.2) is 0 Å². The van der Waals surface area contributed by atoms with E-state index in [1.807, 2.05) is 11.3 Å². The Morgan fingerprint density at radius 2 is 1.05 bits per heavy atom. The molecular formula is C40H24N2S. The molecule has 10 aromatic rings. The summed E-state index contributed by atoms with van der Waals surface area (Å²) in [6.45, 7) is 0. The van der Waals surface area contributed by atoms with Gasteiger partial charge in [-0.2, -0.15) is 0 Å². The van der Waals surface area contributed by atoms with Gasteiger partial charge in [0.25, 0.3) is 0 Å². The maximum Gasteiger partial charge on any atom is 0.0562 e. The SMILES string of the molecule is c1ccc(-n2c3cc4c(cc3c3c5ccccc5ccc32)c2ccccc2n4-c2ccc3c(c2)sc2ccccc23)cc1. The summed E-state index contributed by atoms with van der Waals surface area (Å²) in [6, 6.07) is 53.5. The quantitative estimate of drug-likeness (QED) is 0.198. The average Bonchev–Trinajstić information content (AvgIpc) is 3.71. The van der Waals surface area contributed by atoms with E-state index in [0.29, 0.717) is 0 Å². The van der Waals surface area contributed by atoms with Crippen LogP contribution in [-0.2, 0) is 0 Å². The molecule has 0 N–H and O–H groups in total. The summed E-state index contributed by atoms with van der Waals surface area (Å²) in [5.74, 6) is 0. The Morgan fingerprint density at radius 3 is 1.95 bits per heavy atom. The standard InChI is InChI=1S/C40H24N2S/c1-2-11-26(12-3-1)41-35-21-18-25-10-4-5-13-28(25)40(35)33-23-32-29-14-6-8-16-34(29)42(36(32)24-37(33)41)27-19-20-31-30-15-7-9-17-38(30)43-39(31)22-27/h1-24H. The molecule has 3 heteroatoms. The van der Waals surface area contributed by atoms with Gasteiger partial charge in [0.15, 0.2) is 0 Å². The smallest absolute Gasteiger partial charge is 0.0562 e. The molecule has 0 amide bonds. The maximum atomic E-state index is 2.46. The molecule has 0 atom stereocenters. The van der Waals surface area contributed by atoms with Gasteiger partial charge in [0.05, 0.1) is 22.1 Å². The van der Waals surface area contributed by atoms with Crippen molar-refractivity contribution in [1.82, 2.24) is 9.13 Å². The zero-order valence-corrected chi connectivity index (χ0v) is 24.0. The Morgan fingerprint density at radius 1 is 0.349 bits per heavy atom. The minimum absolute atomic E-state index is 1.17. The lowest BCUT2D eigenvalue weighted by Crippen LogP contribution is -1.95. The van der Waals surface area contributed by atoms with Crippen molar-refractivity contribution >= 4 is 85.9 Å². The second kappa shape index (κ2) is 8.57. The predicted octanol–water partition coefficient (Wildman–Crippen LogP) is 11.4. The molecule has 3 aromatic heterocycles. The molecule has 0 bridgehead atoms.